The second-order valence-electron chi connectivity index (χ2n) is 4.85. The Morgan fingerprint density at radius 2 is 1.92 bits per heavy atom. The molecule has 128 valence electrons. The van der Waals surface area contributed by atoms with Gasteiger partial charge in [-0.05, 0) is 19.1 Å². The Hall–Kier alpha value is -2.67. The van der Waals surface area contributed by atoms with Crippen LogP contribution in [0.2, 0.25) is 5.02 Å². The number of nitrogens with one attached hydrogen (secondary N) is 2. The molecule has 0 saturated heterocycles. The summed E-state index contributed by atoms with van der Waals surface area (Å²) in [5.41, 5.74) is 0.378. The van der Waals surface area contributed by atoms with Crippen LogP contribution in [0.5, 0.6) is 11.5 Å². The molecule has 2 aromatic rings. The molecule has 2 rings (SSSR count). The number of hydrogen-bond acceptors (Lipinski definition) is 5. The van der Waals surface area contributed by atoms with Crippen LogP contribution in [0.25, 0.3) is 0 Å². The summed E-state index contributed by atoms with van der Waals surface area (Å²) < 4.78 is 15.3. The highest BCUT2D eigenvalue weighted by molar-refractivity contribution is 6.32. The topological polar surface area (TPSA) is 89.8 Å². The molecule has 0 aliphatic carbocycles. The Morgan fingerprint density at radius 3 is 2.50 bits per heavy atom. The number of carbonyl (C=O) groups is 2. The second kappa shape index (κ2) is 7.74. The summed E-state index contributed by atoms with van der Waals surface area (Å²) in [6, 6.07) is 5.37. The largest absolute Gasteiger partial charge is 0.495 e. The lowest BCUT2D eigenvalue weighted by Crippen LogP contribution is -2.41. The first-order valence-electron chi connectivity index (χ1n) is 7.03. The fraction of sp³-hybridized carbons (Fsp3) is 0.250. The number of halogens is 1. The predicted molar refractivity (Wildman–Crippen MR) is 88.8 cm³/mol. The Kier molecular flexibility index (Phi) is 5.70. The molecular weight excluding hydrogens is 336 g/mol. The van der Waals surface area contributed by atoms with Gasteiger partial charge in [0.2, 0.25) is 5.91 Å². The standard InChI is InChI=1S/C16H17ClN2O5/c1-9(18-16(21)12-5-4-6-24-12)15(20)19-11-8-13(22-2)10(17)7-14(11)23-3/h4-9H,1-3H3,(H,18,21)(H,19,20). The quantitative estimate of drug-likeness (QED) is 0.834. The lowest BCUT2D eigenvalue weighted by atomic mass is 10.2. The Morgan fingerprint density at radius 1 is 1.21 bits per heavy atom. The van der Waals surface area contributed by atoms with Gasteiger partial charge in [-0.25, -0.2) is 0 Å². The monoisotopic (exact) mass is 352 g/mol. The fourth-order valence-corrected chi connectivity index (χ4v) is 2.17. The molecule has 0 aliphatic heterocycles. The maximum Gasteiger partial charge on any atom is 0.287 e. The maximum absolute atomic E-state index is 12.3. The van der Waals surface area contributed by atoms with E-state index in [0.29, 0.717) is 22.2 Å². The van der Waals surface area contributed by atoms with E-state index in [0.717, 1.165) is 0 Å². The summed E-state index contributed by atoms with van der Waals surface area (Å²) in [7, 11) is 2.92. The van der Waals surface area contributed by atoms with Crippen LogP contribution in [0.15, 0.2) is 34.9 Å². The highest BCUT2D eigenvalue weighted by Gasteiger charge is 2.20. The second-order valence-corrected chi connectivity index (χ2v) is 5.26. The summed E-state index contributed by atoms with van der Waals surface area (Å²) in [6.07, 6.45) is 1.38. The van der Waals surface area contributed by atoms with E-state index >= 15 is 0 Å². The van der Waals surface area contributed by atoms with E-state index in [4.69, 9.17) is 25.5 Å². The van der Waals surface area contributed by atoms with Gasteiger partial charge in [-0.3, -0.25) is 9.59 Å². The van der Waals surface area contributed by atoms with Crippen LogP contribution >= 0.6 is 11.6 Å². The summed E-state index contributed by atoms with van der Waals surface area (Å²) in [5, 5.41) is 5.56. The van der Waals surface area contributed by atoms with Gasteiger partial charge in [0, 0.05) is 12.1 Å². The molecule has 8 heteroatoms. The average Bonchev–Trinajstić information content (AvgIpc) is 3.10. The van der Waals surface area contributed by atoms with Gasteiger partial charge in [0.05, 0.1) is 31.2 Å². The van der Waals surface area contributed by atoms with E-state index in [-0.39, 0.29) is 5.76 Å². The molecule has 1 aromatic heterocycles. The molecule has 24 heavy (non-hydrogen) atoms. The molecule has 7 nitrogen and oxygen atoms in total. The lowest BCUT2D eigenvalue weighted by Gasteiger charge is -2.16. The van der Waals surface area contributed by atoms with E-state index in [9.17, 15) is 9.59 Å². The van der Waals surface area contributed by atoms with Crippen molar-refractivity contribution in [1.82, 2.24) is 5.32 Å². The van der Waals surface area contributed by atoms with Crippen LogP contribution in [0, 0.1) is 0 Å². The molecule has 1 heterocycles. The van der Waals surface area contributed by atoms with Crippen LogP contribution in [0.4, 0.5) is 5.69 Å². The van der Waals surface area contributed by atoms with Gasteiger partial charge < -0.3 is 24.5 Å². The Balaban J connectivity index is 2.09. The molecule has 0 saturated carbocycles. The van der Waals surface area contributed by atoms with Crippen molar-refractivity contribution >= 4 is 29.1 Å². The third-order valence-corrected chi connectivity index (χ3v) is 3.51. The Bertz CT molecular complexity index is 730. The maximum atomic E-state index is 12.3. The number of ether oxygens (including phenoxy) is 2. The number of rotatable bonds is 6. The van der Waals surface area contributed by atoms with Gasteiger partial charge >= 0.3 is 0 Å². The van der Waals surface area contributed by atoms with Gasteiger partial charge in [0.25, 0.3) is 5.91 Å². The molecule has 1 atom stereocenters. The number of amides is 2. The third-order valence-electron chi connectivity index (χ3n) is 3.22. The van der Waals surface area contributed by atoms with Crippen molar-refractivity contribution in [2.75, 3.05) is 19.5 Å². The zero-order valence-corrected chi connectivity index (χ0v) is 14.1. The molecular formula is C16H17ClN2O5. The van der Waals surface area contributed by atoms with Crippen molar-refractivity contribution in [2.24, 2.45) is 0 Å². The zero-order valence-electron chi connectivity index (χ0n) is 13.4. The van der Waals surface area contributed by atoms with Crippen molar-refractivity contribution in [3.05, 3.63) is 41.3 Å². The van der Waals surface area contributed by atoms with Crippen molar-refractivity contribution in [2.45, 2.75) is 13.0 Å². The Labute approximate surface area is 143 Å². The van der Waals surface area contributed by atoms with E-state index in [1.54, 1.807) is 19.1 Å². The average molecular weight is 353 g/mol. The fourth-order valence-electron chi connectivity index (χ4n) is 1.94. The van der Waals surface area contributed by atoms with Gasteiger partial charge in [0.15, 0.2) is 5.76 Å². The summed E-state index contributed by atoms with van der Waals surface area (Å²) >= 11 is 6.02. The minimum absolute atomic E-state index is 0.125. The van der Waals surface area contributed by atoms with E-state index in [2.05, 4.69) is 10.6 Å². The number of hydrogen-bond donors (Lipinski definition) is 2. The molecule has 1 aromatic carbocycles. The van der Waals surface area contributed by atoms with Crippen molar-refractivity contribution in [3.63, 3.8) is 0 Å². The number of carbonyl (C=O) groups excluding carboxylic acids is 2. The van der Waals surface area contributed by atoms with Crippen LogP contribution in [0.1, 0.15) is 17.5 Å². The van der Waals surface area contributed by atoms with Gasteiger partial charge in [-0.1, -0.05) is 11.6 Å². The number of methoxy groups -OCH3 is 2. The van der Waals surface area contributed by atoms with Crippen LogP contribution < -0.4 is 20.1 Å². The minimum Gasteiger partial charge on any atom is -0.495 e. The van der Waals surface area contributed by atoms with Gasteiger partial charge in [-0.2, -0.15) is 0 Å². The third kappa shape index (κ3) is 3.99. The van der Waals surface area contributed by atoms with Gasteiger partial charge in [0.1, 0.15) is 17.5 Å². The van der Waals surface area contributed by atoms with Crippen molar-refractivity contribution in [3.8, 4) is 11.5 Å². The predicted octanol–water partition coefficient (Wildman–Crippen LogP) is 2.71. The first-order chi connectivity index (χ1) is 11.5. The first-order valence-corrected chi connectivity index (χ1v) is 7.40. The highest BCUT2D eigenvalue weighted by atomic mass is 35.5. The first kappa shape index (κ1) is 17.7. The molecule has 0 fully saturated rings. The number of furan rings is 1. The molecule has 0 spiro atoms. The van der Waals surface area contributed by atoms with Crippen LogP contribution in [-0.2, 0) is 4.79 Å². The zero-order chi connectivity index (χ0) is 17.7. The molecule has 2 N–H and O–H groups in total. The minimum atomic E-state index is -0.797. The van der Waals surface area contributed by atoms with E-state index in [1.165, 1.54) is 32.6 Å². The smallest absolute Gasteiger partial charge is 0.287 e. The number of anilines is 1. The number of benzene rings is 1. The van der Waals surface area contributed by atoms with Crippen molar-refractivity contribution in [1.29, 1.82) is 0 Å². The molecule has 1 unspecified atom stereocenters. The SMILES string of the molecule is COc1cc(NC(=O)C(C)NC(=O)c2ccco2)c(OC)cc1Cl. The highest BCUT2D eigenvalue weighted by Crippen LogP contribution is 2.35. The van der Waals surface area contributed by atoms with Crippen LogP contribution in [0.3, 0.4) is 0 Å². The van der Waals surface area contributed by atoms with Crippen molar-refractivity contribution < 1.29 is 23.5 Å². The van der Waals surface area contributed by atoms with Crippen LogP contribution in [-0.4, -0.2) is 32.1 Å². The molecule has 0 bridgehead atoms. The van der Waals surface area contributed by atoms with E-state index in [1.807, 2.05) is 0 Å². The van der Waals surface area contributed by atoms with E-state index < -0.39 is 17.9 Å². The summed E-state index contributed by atoms with van der Waals surface area (Å²) in [6.45, 7) is 1.55. The summed E-state index contributed by atoms with van der Waals surface area (Å²) in [4.78, 5) is 24.2. The molecule has 2 amide bonds. The molecule has 0 aliphatic rings. The summed E-state index contributed by atoms with van der Waals surface area (Å²) in [5.74, 6) is -0.0278. The normalized spacial score (nSPS) is 11.5. The molecule has 0 radical (unpaired) electrons. The lowest BCUT2D eigenvalue weighted by molar-refractivity contribution is -0.117. The van der Waals surface area contributed by atoms with Gasteiger partial charge in [-0.15, -0.1) is 0 Å².